The zero-order valence-corrected chi connectivity index (χ0v) is 8.29. The van der Waals surface area contributed by atoms with Crippen molar-refractivity contribution in [3.63, 3.8) is 0 Å². The fraction of sp³-hybridized carbons (Fsp3) is 0. The van der Waals surface area contributed by atoms with Gasteiger partial charge in [-0.15, -0.1) is 0 Å². The molecule has 1 aromatic carbocycles. The SMILES string of the molecule is O=C([C]1[CH][CH][CH][CH]1)c1cccc([N+](=O)[O-])c1. The minimum atomic E-state index is -0.512. The minimum absolute atomic E-state index is 0.0718. The van der Waals surface area contributed by atoms with Gasteiger partial charge in [-0.3, -0.25) is 14.9 Å². The van der Waals surface area contributed by atoms with Crippen molar-refractivity contribution >= 4 is 11.5 Å². The largest absolute Gasteiger partial charge is 0.293 e. The molecule has 0 bridgehead atoms. The molecule has 0 atom stereocenters. The number of carbonyl (C=O) groups excluding carboxylic acids is 1. The molecule has 0 spiro atoms. The lowest BCUT2D eigenvalue weighted by Gasteiger charge is -2.05. The van der Waals surface area contributed by atoms with Crippen LogP contribution in [0.2, 0.25) is 0 Å². The highest BCUT2D eigenvalue weighted by molar-refractivity contribution is 6.10. The minimum Gasteiger partial charge on any atom is -0.293 e. The van der Waals surface area contributed by atoms with Crippen molar-refractivity contribution in [2.75, 3.05) is 0 Å². The summed E-state index contributed by atoms with van der Waals surface area (Å²) in [5.41, 5.74) is 0.262. The van der Waals surface area contributed by atoms with E-state index in [1.54, 1.807) is 31.7 Å². The number of nitro benzene ring substituents is 1. The maximum atomic E-state index is 11.9. The van der Waals surface area contributed by atoms with Crippen LogP contribution in [0, 0.1) is 41.7 Å². The van der Waals surface area contributed by atoms with E-state index in [9.17, 15) is 14.9 Å². The second-order valence-corrected chi connectivity index (χ2v) is 3.31. The summed E-state index contributed by atoms with van der Waals surface area (Å²) in [7, 11) is 0. The maximum absolute atomic E-state index is 11.9. The van der Waals surface area contributed by atoms with Crippen LogP contribution in [0.5, 0.6) is 0 Å². The molecule has 1 aliphatic carbocycles. The predicted octanol–water partition coefficient (Wildman–Crippen LogP) is 2.18. The highest BCUT2D eigenvalue weighted by Gasteiger charge is 2.26. The van der Waals surface area contributed by atoms with Gasteiger partial charge in [0.25, 0.3) is 5.69 Å². The molecule has 0 saturated heterocycles. The van der Waals surface area contributed by atoms with Gasteiger partial charge in [0.15, 0.2) is 5.78 Å². The number of hydrogen-bond donors (Lipinski definition) is 0. The van der Waals surface area contributed by atoms with Gasteiger partial charge in [-0.05, 0) is 25.7 Å². The van der Waals surface area contributed by atoms with Gasteiger partial charge in [-0.25, -0.2) is 0 Å². The number of ketones is 1. The Morgan fingerprint density at radius 1 is 1.19 bits per heavy atom. The molecule has 1 aliphatic rings. The third kappa shape index (κ3) is 2.10. The third-order valence-corrected chi connectivity index (χ3v) is 2.24. The average molecular weight is 214 g/mol. The molecule has 0 aliphatic heterocycles. The van der Waals surface area contributed by atoms with E-state index < -0.39 is 4.92 Å². The van der Waals surface area contributed by atoms with Crippen LogP contribution in [-0.4, -0.2) is 10.7 Å². The first-order chi connectivity index (χ1) is 7.68. The Labute approximate surface area is 93.4 Å². The van der Waals surface area contributed by atoms with E-state index in [0.29, 0.717) is 11.5 Å². The van der Waals surface area contributed by atoms with Crippen LogP contribution in [0.25, 0.3) is 0 Å². The lowest BCUT2D eigenvalue weighted by molar-refractivity contribution is -0.384. The second kappa shape index (κ2) is 4.43. The van der Waals surface area contributed by atoms with E-state index in [4.69, 9.17) is 0 Å². The van der Waals surface area contributed by atoms with E-state index in [0.717, 1.165) is 0 Å². The van der Waals surface area contributed by atoms with E-state index in [-0.39, 0.29) is 11.5 Å². The number of nitrogens with zero attached hydrogens (tertiary/aromatic N) is 1. The van der Waals surface area contributed by atoms with Crippen molar-refractivity contribution in [1.82, 2.24) is 0 Å². The van der Waals surface area contributed by atoms with Crippen molar-refractivity contribution < 1.29 is 9.72 Å². The summed E-state index contributed by atoms with van der Waals surface area (Å²) in [5, 5.41) is 10.6. The normalized spacial score (nSPS) is 16.2. The van der Waals surface area contributed by atoms with Gasteiger partial charge >= 0.3 is 0 Å². The molecule has 0 aromatic heterocycles. The number of rotatable bonds is 3. The Bertz CT molecular complexity index is 422. The molecular weight excluding hydrogens is 206 g/mol. The van der Waals surface area contributed by atoms with Crippen molar-refractivity contribution in [3.8, 4) is 0 Å². The molecule has 0 unspecified atom stereocenters. The summed E-state index contributed by atoms with van der Waals surface area (Å²) >= 11 is 0. The zero-order chi connectivity index (χ0) is 11.5. The van der Waals surface area contributed by atoms with Gasteiger partial charge in [0.1, 0.15) is 0 Å². The van der Waals surface area contributed by atoms with Crippen LogP contribution in [0.3, 0.4) is 0 Å². The Kier molecular flexibility index (Phi) is 2.99. The fourth-order valence-electron chi connectivity index (χ4n) is 1.45. The monoisotopic (exact) mass is 214 g/mol. The summed E-state index contributed by atoms with van der Waals surface area (Å²) in [6.07, 6.45) is 6.87. The van der Waals surface area contributed by atoms with Crippen LogP contribution in [-0.2, 0) is 0 Å². The molecule has 0 N–H and O–H groups in total. The summed E-state index contributed by atoms with van der Waals surface area (Å²) in [4.78, 5) is 21.9. The van der Waals surface area contributed by atoms with Crippen molar-refractivity contribution in [2.45, 2.75) is 0 Å². The molecule has 16 heavy (non-hydrogen) atoms. The second-order valence-electron chi connectivity index (χ2n) is 3.31. The van der Waals surface area contributed by atoms with Crippen molar-refractivity contribution in [2.24, 2.45) is 0 Å². The van der Waals surface area contributed by atoms with E-state index in [1.165, 1.54) is 18.2 Å². The Morgan fingerprint density at radius 2 is 1.88 bits per heavy atom. The van der Waals surface area contributed by atoms with Gasteiger partial charge < -0.3 is 0 Å². The van der Waals surface area contributed by atoms with Gasteiger partial charge in [-0.2, -0.15) is 0 Å². The van der Waals surface area contributed by atoms with E-state index in [2.05, 4.69) is 0 Å². The van der Waals surface area contributed by atoms with Crippen molar-refractivity contribution in [1.29, 1.82) is 0 Å². The summed E-state index contributed by atoms with van der Waals surface area (Å²) < 4.78 is 0. The van der Waals surface area contributed by atoms with Gasteiger partial charge in [0.05, 0.1) is 10.8 Å². The molecule has 79 valence electrons. The van der Waals surface area contributed by atoms with E-state index >= 15 is 0 Å². The number of benzene rings is 1. The molecule has 1 fully saturated rings. The topological polar surface area (TPSA) is 60.2 Å². The van der Waals surface area contributed by atoms with Gasteiger partial charge in [0, 0.05) is 17.7 Å². The van der Waals surface area contributed by atoms with Crippen molar-refractivity contribution in [3.05, 3.63) is 71.5 Å². The predicted molar refractivity (Wildman–Crippen MR) is 57.9 cm³/mol. The van der Waals surface area contributed by atoms with Crippen LogP contribution in [0.4, 0.5) is 5.69 Å². The molecular formula is C12H8NO3. The number of non-ortho nitro benzene ring substituents is 1. The quantitative estimate of drug-likeness (QED) is 0.440. The molecule has 2 rings (SSSR count). The Balaban J connectivity index is 2.22. The zero-order valence-electron chi connectivity index (χ0n) is 8.29. The van der Waals surface area contributed by atoms with Crippen LogP contribution in [0.1, 0.15) is 10.4 Å². The van der Waals surface area contributed by atoms with E-state index in [1.807, 2.05) is 0 Å². The molecule has 4 heteroatoms. The van der Waals surface area contributed by atoms with Gasteiger partial charge in [-0.1, -0.05) is 12.1 Å². The highest BCUT2D eigenvalue weighted by atomic mass is 16.6. The summed E-state index contributed by atoms with van der Waals surface area (Å²) in [5.74, 6) is 0.342. The first-order valence-electron chi connectivity index (χ1n) is 4.69. The molecule has 0 heterocycles. The Morgan fingerprint density at radius 3 is 2.50 bits per heavy atom. The highest BCUT2D eigenvalue weighted by Crippen LogP contribution is 2.27. The molecule has 5 radical (unpaired) electrons. The first-order valence-corrected chi connectivity index (χ1v) is 4.69. The third-order valence-electron chi connectivity index (χ3n) is 2.24. The Hall–Kier alpha value is -1.71. The molecule has 1 aromatic rings. The molecule has 1 saturated carbocycles. The lowest BCUT2D eigenvalue weighted by atomic mass is 9.96. The molecule has 0 amide bonds. The smallest absolute Gasteiger partial charge is 0.270 e. The summed E-state index contributed by atoms with van der Waals surface area (Å²) in [6, 6.07) is 5.73. The van der Waals surface area contributed by atoms with Crippen LogP contribution in [0.15, 0.2) is 24.3 Å². The maximum Gasteiger partial charge on any atom is 0.270 e. The lowest BCUT2D eigenvalue weighted by Crippen LogP contribution is -2.09. The van der Waals surface area contributed by atoms with Gasteiger partial charge in [0.2, 0.25) is 0 Å². The summed E-state index contributed by atoms with van der Waals surface area (Å²) in [6.45, 7) is 0. The number of carbonyl (C=O) groups is 1. The molecule has 4 nitrogen and oxygen atoms in total. The number of hydrogen-bond acceptors (Lipinski definition) is 3. The standard InChI is InChI=1S/C12H8NO3/c14-12(9-4-1-2-5-9)10-6-3-7-11(8-10)13(15)16/h1-8H. The first kappa shape index (κ1) is 10.8. The van der Waals surface area contributed by atoms with Crippen LogP contribution < -0.4 is 0 Å². The number of nitro groups is 1. The number of Topliss-reactive ketones (excluding diaryl/α,β-unsaturated/α-hetero) is 1. The average Bonchev–Trinajstić information content (AvgIpc) is 2.81. The fourth-order valence-corrected chi connectivity index (χ4v) is 1.45. The van der Waals surface area contributed by atoms with Crippen LogP contribution >= 0.6 is 0 Å².